The van der Waals surface area contributed by atoms with Crippen LogP contribution in [-0.2, 0) is 6.54 Å². The number of H-pyrrole nitrogens is 1. The van der Waals surface area contributed by atoms with Crippen LogP contribution in [0.25, 0.3) is 11.3 Å². The molecule has 1 saturated carbocycles. The summed E-state index contributed by atoms with van der Waals surface area (Å²) in [7, 11) is 0. The molecule has 0 bridgehead atoms. The first-order valence-electron chi connectivity index (χ1n) is 7.49. The van der Waals surface area contributed by atoms with E-state index >= 15 is 0 Å². The molecule has 6 heteroatoms. The second-order valence-corrected chi connectivity index (χ2v) is 5.90. The number of rotatable bonds is 5. The smallest absolute Gasteiger partial charge is 0.135 e. The van der Waals surface area contributed by atoms with Crippen molar-refractivity contribution in [2.75, 3.05) is 6.54 Å². The van der Waals surface area contributed by atoms with Crippen molar-refractivity contribution in [1.82, 2.24) is 15.5 Å². The maximum atomic E-state index is 13.9. The number of nitrogens with zero attached hydrogens (tertiary/aromatic N) is 1. The third kappa shape index (κ3) is 3.03. The van der Waals surface area contributed by atoms with E-state index < -0.39 is 17.2 Å². The molecular weight excluding hydrogens is 288 g/mol. The lowest BCUT2D eigenvalue weighted by molar-refractivity contribution is 0.0475. The summed E-state index contributed by atoms with van der Waals surface area (Å²) in [6.45, 7) is 0.860. The summed E-state index contributed by atoms with van der Waals surface area (Å²) in [5.74, 6) is -1.25. The quantitative estimate of drug-likeness (QED) is 0.796. The molecule has 0 radical (unpaired) electrons. The summed E-state index contributed by atoms with van der Waals surface area (Å²) in [5.41, 5.74) is 0.246. The van der Waals surface area contributed by atoms with Crippen molar-refractivity contribution in [3.05, 3.63) is 41.6 Å². The van der Waals surface area contributed by atoms with Gasteiger partial charge in [-0.05, 0) is 25.0 Å². The number of aromatic amines is 1. The summed E-state index contributed by atoms with van der Waals surface area (Å²) in [6.07, 6.45) is 5.21. The summed E-state index contributed by atoms with van der Waals surface area (Å²) >= 11 is 0. The largest absolute Gasteiger partial charge is 0.389 e. The molecule has 1 aliphatic carbocycles. The second-order valence-electron chi connectivity index (χ2n) is 5.90. The van der Waals surface area contributed by atoms with Crippen molar-refractivity contribution in [3.8, 4) is 11.3 Å². The Labute approximate surface area is 127 Å². The normalized spacial score (nSPS) is 17.0. The molecule has 0 spiro atoms. The molecule has 0 atom stereocenters. The van der Waals surface area contributed by atoms with E-state index in [1.165, 1.54) is 18.2 Å². The SMILES string of the molecule is OC1(CNCc2cn[nH]c2-c2c(F)cccc2F)CCCC1. The number of halogens is 2. The Hall–Kier alpha value is -1.79. The van der Waals surface area contributed by atoms with E-state index in [2.05, 4.69) is 15.5 Å². The van der Waals surface area contributed by atoms with E-state index in [9.17, 15) is 13.9 Å². The molecule has 1 heterocycles. The highest BCUT2D eigenvalue weighted by molar-refractivity contribution is 5.64. The van der Waals surface area contributed by atoms with E-state index in [0.29, 0.717) is 24.3 Å². The number of hydrogen-bond acceptors (Lipinski definition) is 3. The molecule has 1 aromatic carbocycles. The van der Waals surface area contributed by atoms with Gasteiger partial charge in [-0.2, -0.15) is 5.10 Å². The predicted molar refractivity (Wildman–Crippen MR) is 79.1 cm³/mol. The summed E-state index contributed by atoms with van der Waals surface area (Å²) < 4.78 is 27.7. The van der Waals surface area contributed by atoms with Crippen LogP contribution in [0.2, 0.25) is 0 Å². The van der Waals surface area contributed by atoms with Gasteiger partial charge < -0.3 is 10.4 Å². The zero-order chi connectivity index (χ0) is 15.6. The Morgan fingerprint density at radius 3 is 2.59 bits per heavy atom. The van der Waals surface area contributed by atoms with Crippen LogP contribution in [0.4, 0.5) is 8.78 Å². The molecule has 0 amide bonds. The maximum absolute atomic E-state index is 13.9. The van der Waals surface area contributed by atoms with Crippen molar-refractivity contribution in [2.45, 2.75) is 37.8 Å². The number of aromatic nitrogens is 2. The lowest BCUT2D eigenvalue weighted by atomic mass is 10.0. The standard InChI is InChI=1S/C16H19F2N3O/c17-12-4-3-5-13(18)14(12)15-11(9-20-21-15)8-19-10-16(22)6-1-2-7-16/h3-5,9,19,22H,1-2,6-8,10H2,(H,20,21). The van der Waals surface area contributed by atoms with Crippen molar-refractivity contribution in [2.24, 2.45) is 0 Å². The average Bonchev–Trinajstić information content (AvgIpc) is 3.09. The second kappa shape index (κ2) is 6.14. The molecule has 1 aromatic heterocycles. The highest BCUT2D eigenvalue weighted by Crippen LogP contribution is 2.29. The minimum atomic E-state index is -0.660. The molecule has 0 saturated heterocycles. The van der Waals surface area contributed by atoms with Gasteiger partial charge in [-0.1, -0.05) is 18.9 Å². The van der Waals surface area contributed by atoms with E-state index in [0.717, 1.165) is 25.7 Å². The first kappa shape index (κ1) is 15.1. The Morgan fingerprint density at radius 2 is 1.91 bits per heavy atom. The predicted octanol–water partition coefficient (Wildman–Crippen LogP) is 2.75. The molecule has 1 fully saturated rings. The number of nitrogens with one attached hydrogen (secondary N) is 2. The van der Waals surface area contributed by atoms with Gasteiger partial charge in [0.05, 0.1) is 23.1 Å². The Bertz CT molecular complexity index is 630. The van der Waals surface area contributed by atoms with E-state index in [4.69, 9.17) is 0 Å². The van der Waals surface area contributed by atoms with Crippen molar-refractivity contribution in [1.29, 1.82) is 0 Å². The van der Waals surface area contributed by atoms with Crippen LogP contribution in [0.1, 0.15) is 31.2 Å². The fraction of sp³-hybridized carbons (Fsp3) is 0.438. The monoisotopic (exact) mass is 307 g/mol. The fourth-order valence-corrected chi connectivity index (χ4v) is 3.04. The number of hydrogen-bond donors (Lipinski definition) is 3. The molecule has 0 unspecified atom stereocenters. The van der Waals surface area contributed by atoms with Gasteiger partial charge in [0.1, 0.15) is 11.6 Å². The van der Waals surface area contributed by atoms with Gasteiger partial charge in [-0.15, -0.1) is 0 Å². The van der Waals surface area contributed by atoms with Gasteiger partial charge in [0.15, 0.2) is 0 Å². The molecule has 3 rings (SSSR count). The van der Waals surface area contributed by atoms with Crippen LogP contribution < -0.4 is 5.32 Å². The number of benzene rings is 1. The van der Waals surface area contributed by atoms with Gasteiger partial charge >= 0.3 is 0 Å². The van der Waals surface area contributed by atoms with Gasteiger partial charge in [0.25, 0.3) is 0 Å². The van der Waals surface area contributed by atoms with Crippen LogP contribution in [0, 0.1) is 11.6 Å². The van der Waals surface area contributed by atoms with Crippen LogP contribution in [0.5, 0.6) is 0 Å². The minimum absolute atomic E-state index is 0.101. The van der Waals surface area contributed by atoms with Gasteiger partial charge in [-0.25, -0.2) is 8.78 Å². The highest BCUT2D eigenvalue weighted by Gasteiger charge is 2.30. The molecule has 22 heavy (non-hydrogen) atoms. The summed E-state index contributed by atoms with van der Waals surface area (Å²) in [5, 5.41) is 20.0. The Morgan fingerprint density at radius 1 is 1.23 bits per heavy atom. The van der Waals surface area contributed by atoms with Gasteiger partial charge in [0.2, 0.25) is 0 Å². The van der Waals surface area contributed by atoms with E-state index in [1.807, 2.05) is 0 Å². The third-order valence-corrected chi connectivity index (χ3v) is 4.23. The first-order valence-corrected chi connectivity index (χ1v) is 7.49. The molecule has 4 nitrogen and oxygen atoms in total. The van der Waals surface area contributed by atoms with Crippen molar-refractivity contribution in [3.63, 3.8) is 0 Å². The molecule has 1 aliphatic rings. The van der Waals surface area contributed by atoms with Crippen LogP contribution >= 0.6 is 0 Å². The van der Waals surface area contributed by atoms with Crippen LogP contribution in [-0.4, -0.2) is 27.4 Å². The van der Waals surface area contributed by atoms with Gasteiger partial charge in [-0.3, -0.25) is 5.10 Å². The average molecular weight is 307 g/mol. The maximum Gasteiger partial charge on any atom is 0.135 e. The van der Waals surface area contributed by atoms with Crippen LogP contribution in [0.15, 0.2) is 24.4 Å². The molecule has 0 aliphatic heterocycles. The first-order chi connectivity index (χ1) is 10.6. The zero-order valence-corrected chi connectivity index (χ0v) is 12.2. The van der Waals surface area contributed by atoms with E-state index in [1.54, 1.807) is 6.20 Å². The fourth-order valence-electron chi connectivity index (χ4n) is 3.04. The Kier molecular flexibility index (Phi) is 4.22. The number of aliphatic hydroxyl groups is 1. The Balaban J connectivity index is 1.73. The molecule has 2 aromatic rings. The molecular formula is C16H19F2N3O. The molecule has 3 N–H and O–H groups in total. The topological polar surface area (TPSA) is 60.9 Å². The summed E-state index contributed by atoms with van der Waals surface area (Å²) in [6, 6.07) is 3.77. The third-order valence-electron chi connectivity index (χ3n) is 4.23. The lowest BCUT2D eigenvalue weighted by Gasteiger charge is -2.22. The highest BCUT2D eigenvalue weighted by atomic mass is 19.1. The molecule has 118 valence electrons. The van der Waals surface area contributed by atoms with Gasteiger partial charge in [0, 0.05) is 18.7 Å². The lowest BCUT2D eigenvalue weighted by Crippen LogP contribution is -2.37. The van der Waals surface area contributed by atoms with Crippen molar-refractivity contribution >= 4 is 0 Å². The van der Waals surface area contributed by atoms with E-state index in [-0.39, 0.29) is 5.56 Å². The zero-order valence-electron chi connectivity index (χ0n) is 12.2. The minimum Gasteiger partial charge on any atom is -0.389 e. The van der Waals surface area contributed by atoms with Crippen molar-refractivity contribution < 1.29 is 13.9 Å². The summed E-state index contributed by atoms with van der Waals surface area (Å²) in [4.78, 5) is 0. The van der Waals surface area contributed by atoms with Crippen LogP contribution in [0.3, 0.4) is 0 Å².